The molecule has 0 spiro atoms. The highest BCUT2D eigenvalue weighted by atomic mass is 32.2. The number of benzene rings is 1. The van der Waals surface area contributed by atoms with Crippen LogP contribution in [0.25, 0.3) is 0 Å². The summed E-state index contributed by atoms with van der Waals surface area (Å²) in [5.74, 6) is 0.297. The summed E-state index contributed by atoms with van der Waals surface area (Å²) in [5.41, 5.74) is 0.398. The second-order valence-electron chi connectivity index (χ2n) is 7.01. The molecule has 0 radical (unpaired) electrons. The molecular formula is C18H29N3O4S. The second kappa shape index (κ2) is 8.94. The molecule has 0 aliphatic carbocycles. The summed E-state index contributed by atoms with van der Waals surface area (Å²) in [6.45, 7) is 3.80. The maximum absolute atomic E-state index is 12.7. The Morgan fingerprint density at radius 2 is 1.88 bits per heavy atom. The van der Waals surface area contributed by atoms with Crippen LogP contribution in [-0.2, 0) is 10.0 Å². The van der Waals surface area contributed by atoms with Gasteiger partial charge in [-0.05, 0) is 50.1 Å². The van der Waals surface area contributed by atoms with Crippen LogP contribution in [0.2, 0.25) is 0 Å². The van der Waals surface area contributed by atoms with Crippen LogP contribution in [0.1, 0.15) is 30.1 Å². The maximum atomic E-state index is 12.7. The summed E-state index contributed by atoms with van der Waals surface area (Å²) in [5, 5.41) is 12.6. The molecule has 1 heterocycles. The first kappa shape index (κ1) is 20.8. The third-order valence-corrected chi connectivity index (χ3v) is 6.67. The van der Waals surface area contributed by atoms with Crippen LogP contribution in [0, 0.1) is 5.92 Å². The van der Waals surface area contributed by atoms with Crippen LogP contribution in [0.4, 0.5) is 0 Å². The third kappa shape index (κ3) is 5.03. The summed E-state index contributed by atoms with van der Waals surface area (Å²) in [6, 6.07) is 6.03. The Labute approximate surface area is 156 Å². The van der Waals surface area contributed by atoms with E-state index in [4.69, 9.17) is 0 Å². The van der Waals surface area contributed by atoms with Crippen molar-refractivity contribution in [2.24, 2.45) is 5.92 Å². The van der Waals surface area contributed by atoms with Crippen molar-refractivity contribution in [3.05, 3.63) is 29.8 Å². The minimum Gasteiger partial charge on any atom is -0.390 e. The van der Waals surface area contributed by atoms with Gasteiger partial charge in [-0.1, -0.05) is 6.92 Å². The zero-order valence-electron chi connectivity index (χ0n) is 15.7. The highest BCUT2D eigenvalue weighted by molar-refractivity contribution is 7.89. The Morgan fingerprint density at radius 3 is 2.42 bits per heavy atom. The van der Waals surface area contributed by atoms with Crippen molar-refractivity contribution in [2.45, 2.75) is 30.8 Å². The van der Waals surface area contributed by atoms with Gasteiger partial charge < -0.3 is 15.3 Å². The summed E-state index contributed by atoms with van der Waals surface area (Å²) in [7, 11) is -0.173. The van der Waals surface area contributed by atoms with E-state index in [-0.39, 0.29) is 17.3 Å². The molecule has 1 unspecified atom stereocenters. The first-order valence-electron chi connectivity index (χ1n) is 8.94. The third-order valence-electron chi connectivity index (χ3n) is 4.75. The number of likely N-dealkylation sites (N-methyl/N-ethyl adjacent to an activating group) is 2. The van der Waals surface area contributed by atoms with Gasteiger partial charge in [0.1, 0.15) is 0 Å². The second-order valence-corrected chi connectivity index (χ2v) is 8.95. The molecule has 8 heteroatoms. The molecule has 146 valence electrons. The van der Waals surface area contributed by atoms with Gasteiger partial charge in [0.15, 0.2) is 0 Å². The summed E-state index contributed by atoms with van der Waals surface area (Å²) < 4.78 is 27.0. The number of hydrogen-bond acceptors (Lipinski definition) is 5. The number of nitrogens with one attached hydrogen (secondary N) is 1. The lowest BCUT2D eigenvalue weighted by molar-refractivity contribution is 0.0683. The Kier molecular flexibility index (Phi) is 7.16. The Bertz CT molecular complexity index is 698. The number of amides is 1. The van der Waals surface area contributed by atoms with Crippen molar-refractivity contribution in [3.63, 3.8) is 0 Å². The number of nitrogens with zero attached hydrogens (tertiary/aromatic N) is 2. The van der Waals surface area contributed by atoms with Gasteiger partial charge >= 0.3 is 0 Å². The molecule has 1 aliphatic heterocycles. The first-order valence-corrected chi connectivity index (χ1v) is 10.4. The van der Waals surface area contributed by atoms with Crippen molar-refractivity contribution in [3.8, 4) is 0 Å². The molecule has 1 atom stereocenters. The number of carbonyl (C=O) groups excluding carboxylic acids is 1. The summed E-state index contributed by atoms with van der Waals surface area (Å²) in [6.07, 6.45) is 1.08. The summed E-state index contributed by atoms with van der Waals surface area (Å²) in [4.78, 5) is 14.1. The Hall–Kier alpha value is -1.48. The van der Waals surface area contributed by atoms with Crippen LogP contribution in [0.5, 0.6) is 0 Å². The van der Waals surface area contributed by atoms with Gasteiger partial charge in [-0.15, -0.1) is 0 Å². The van der Waals surface area contributed by atoms with Crippen molar-refractivity contribution in [2.75, 3.05) is 40.3 Å². The van der Waals surface area contributed by atoms with E-state index in [9.17, 15) is 18.3 Å². The highest BCUT2D eigenvalue weighted by Crippen LogP contribution is 2.23. The fourth-order valence-corrected chi connectivity index (χ4v) is 4.53. The quantitative estimate of drug-likeness (QED) is 0.726. The molecule has 1 saturated heterocycles. The number of sulfonamides is 1. The normalized spacial score (nSPS) is 17.8. The van der Waals surface area contributed by atoms with E-state index >= 15 is 0 Å². The maximum Gasteiger partial charge on any atom is 0.253 e. The number of carbonyl (C=O) groups is 1. The van der Waals surface area contributed by atoms with Gasteiger partial charge in [0, 0.05) is 38.8 Å². The molecule has 0 saturated carbocycles. The molecule has 2 N–H and O–H groups in total. The van der Waals surface area contributed by atoms with Gasteiger partial charge in [0.05, 0.1) is 11.0 Å². The standard InChI is InChI=1S/C18H29N3O4S/c1-14-8-10-21(11-9-14)26(24,25)17-6-4-15(5-7-17)18(23)20(3)13-16(22)12-19-2/h4-7,14,16,19,22H,8-13H2,1-3H3. The molecular weight excluding hydrogens is 354 g/mol. The van der Waals surface area contributed by atoms with E-state index in [1.807, 2.05) is 0 Å². The van der Waals surface area contributed by atoms with Gasteiger partial charge in [-0.3, -0.25) is 4.79 Å². The van der Waals surface area contributed by atoms with Crippen molar-refractivity contribution in [1.82, 2.24) is 14.5 Å². The topological polar surface area (TPSA) is 90.0 Å². The van der Waals surface area contributed by atoms with Gasteiger partial charge in [-0.2, -0.15) is 4.31 Å². The van der Waals surface area contributed by atoms with Crippen molar-refractivity contribution < 1.29 is 18.3 Å². The van der Waals surface area contributed by atoms with Crippen LogP contribution in [0.15, 0.2) is 29.2 Å². The van der Waals surface area contributed by atoms with E-state index in [1.54, 1.807) is 14.1 Å². The number of aliphatic hydroxyl groups is 1. The largest absolute Gasteiger partial charge is 0.390 e. The molecule has 1 aliphatic rings. The van der Waals surface area contributed by atoms with E-state index in [1.165, 1.54) is 33.5 Å². The highest BCUT2D eigenvalue weighted by Gasteiger charge is 2.28. The molecule has 7 nitrogen and oxygen atoms in total. The number of piperidine rings is 1. The van der Waals surface area contributed by atoms with Crippen LogP contribution in [0.3, 0.4) is 0 Å². The van der Waals surface area contributed by atoms with E-state index < -0.39 is 16.1 Å². The van der Waals surface area contributed by atoms with Crippen LogP contribution >= 0.6 is 0 Å². The van der Waals surface area contributed by atoms with Gasteiger partial charge in [-0.25, -0.2) is 8.42 Å². The van der Waals surface area contributed by atoms with Crippen LogP contribution < -0.4 is 5.32 Å². The van der Waals surface area contributed by atoms with E-state index in [2.05, 4.69) is 12.2 Å². The zero-order chi connectivity index (χ0) is 19.3. The predicted molar refractivity (Wildman–Crippen MR) is 100 cm³/mol. The van der Waals surface area contributed by atoms with Crippen LogP contribution in [-0.4, -0.2) is 75.0 Å². The molecule has 0 aromatic heterocycles. The molecule has 2 rings (SSSR count). The lowest BCUT2D eigenvalue weighted by Crippen LogP contribution is -2.38. The number of hydrogen-bond donors (Lipinski definition) is 2. The SMILES string of the molecule is CNCC(O)CN(C)C(=O)c1ccc(S(=O)(=O)N2CCC(C)CC2)cc1. The van der Waals surface area contributed by atoms with Crippen molar-refractivity contribution in [1.29, 1.82) is 0 Å². The fraction of sp³-hybridized carbons (Fsp3) is 0.611. The average molecular weight is 384 g/mol. The molecule has 0 bridgehead atoms. The predicted octanol–water partition coefficient (Wildman–Crippen LogP) is 0.760. The molecule has 26 heavy (non-hydrogen) atoms. The van der Waals surface area contributed by atoms with Crippen molar-refractivity contribution >= 4 is 15.9 Å². The minimum atomic E-state index is -3.51. The van der Waals surface area contributed by atoms with Gasteiger partial charge in [0.2, 0.25) is 10.0 Å². The summed E-state index contributed by atoms with van der Waals surface area (Å²) >= 11 is 0. The minimum absolute atomic E-state index is 0.200. The fourth-order valence-electron chi connectivity index (χ4n) is 3.06. The first-order chi connectivity index (χ1) is 12.3. The monoisotopic (exact) mass is 383 g/mol. The average Bonchev–Trinajstić information content (AvgIpc) is 2.61. The van der Waals surface area contributed by atoms with Gasteiger partial charge in [0.25, 0.3) is 5.91 Å². The zero-order valence-corrected chi connectivity index (χ0v) is 16.5. The molecule has 1 amide bonds. The number of rotatable bonds is 7. The molecule has 1 fully saturated rings. The van der Waals surface area contributed by atoms with E-state index in [0.29, 0.717) is 31.1 Å². The lowest BCUT2D eigenvalue weighted by atomic mass is 10.0. The Balaban J connectivity index is 2.06. The Morgan fingerprint density at radius 1 is 1.31 bits per heavy atom. The smallest absolute Gasteiger partial charge is 0.253 e. The lowest BCUT2D eigenvalue weighted by Gasteiger charge is -2.29. The van der Waals surface area contributed by atoms with E-state index in [0.717, 1.165) is 12.8 Å². The molecule has 1 aromatic carbocycles. The number of aliphatic hydroxyl groups excluding tert-OH is 1. The molecule has 1 aromatic rings.